The van der Waals surface area contributed by atoms with E-state index in [1.807, 2.05) is 0 Å². The third-order valence-corrected chi connectivity index (χ3v) is 6.61. The monoisotopic (exact) mass is 504 g/mol. The van der Waals surface area contributed by atoms with Crippen LogP contribution in [0.2, 0.25) is 5.02 Å². The van der Waals surface area contributed by atoms with E-state index in [2.05, 4.69) is 31.7 Å². The lowest BCUT2D eigenvalue weighted by atomic mass is 9.95. The minimum absolute atomic E-state index is 0.00271. The molecule has 5 nitrogen and oxygen atoms in total. The molecule has 2 heterocycles. The number of aromatic nitrogens is 2. The van der Waals surface area contributed by atoms with E-state index >= 15 is 0 Å². The normalized spacial score (nSPS) is 22.3. The van der Waals surface area contributed by atoms with Crippen molar-refractivity contribution in [3.63, 3.8) is 0 Å². The number of amides is 1. The molecule has 2 aliphatic rings. The molecule has 4 rings (SSSR count). The first-order valence-electron chi connectivity index (χ1n) is 9.91. The molecule has 1 aromatic carbocycles. The predicted molar refractivity (Wildman–Crippen MR) is 112 cm³/mol. The molecule has 0 unspecified atom stereocenters. The van der Waals surface area contributed by atoms with Gasteiger partial charge in [0.1, 0.15) is 10.8 Å². The zero-order valence-corrected chi connectivity index (χ0v) is 18.3. The third-order valence-electron chi connectivity index (χ3n) is 5.72. The highest BCUT2D eigenvalue weighted by atomic mass is 79.9. The topological polar surface area (TPSA) is 59.0 Å². The fourth-order valence-electron chi connectivity index (χ4n) is 4.15. The van der Waals surface area contributed by atoms with Crippen LogP contribution in [0.5, 0.6) is 0 Å². The van der Waals surface area contributed by atoms with Crippen molar-refractivity contribution < 1.29 is 18.0 Å². The van der Waals surface area contributed by atoms with Gasteiger partial charge in [-0.1, -0.05) is 58.9 Å². The Kier molecular flexibility index (Phi) is 6.03. The molecule has 2 N–H and O–H groups in total. The number of fused-ring (bicyclic) bond motifs is 1. The number of nitrogens with one attached hydrogen (secondary N) is 2. The lowest BCUT2D eigenvalue weighted by Gasteiger charge is -2.33. The predicted octanol–water partition coefficient (Wildman–Crippen LogP) is 6.02. The first kappa shape index (κ1) is 21.5. The first-order valence-corrected chi connectivity index (χ1v) is 11.1. The van der Waals surface area contributed by atoms with Gasteiger partial charge in [-0.2, -0.15) is 18.3 Å². The van der Waals surface area contributed by atoms with Gasteiger partial charge in [0.25, 0.3) is 5.91 Å². The van der Waals surface area contributed by atoms with Crippen LogP contribution in [0.4, 0.5) is 19.0 Å². The van der Waals surface area contributed by atoms with Crippen molar-refractivity contribution >= 4 is 39.3 Å². The van der Waals surface area contributed by atoms with Gasteiger partial charge < -0.3 is 10.6 Å². The SMILES string of the molecule is O=C(NC1CCCCC1)c1nn2c(c1Cl)N[C@@H](c1ccc(Br)cc1)C[C@@H]2C(F)(F)F. The van der Waals surface area contributed by atoms with E-state index in [9.17, 15) is 18.0 Å². The molecule has 30 heavy (non-hydrogen) atoms. The number of carbonyl (C=O) groups is 1. The number of halogens is 5. The van der Waals surface area contributed by atoms with Gasteiger partial charge in [-0.15, -0.1) is 0 Å². The van der Waals surface area contributed by atoms with E-state index in [1.54, 1.807) is 24.3 Å². The highest BCUT2D eigenvalue weighted by Gasteiger charge is 2.48. The molecule has 0 radical (unpaired) electrons. The number of hydrogen-bond acceptors (Lipinski definition) is 3. The second-order valence-corrected chi connectivity index (χ2v) is 9.10. The Labute approximate surface area is 185 Å². The Bertz CT molecular complexity index is 925. The minimum Gasteiger partial charge on any atom is -0.362 e. The summed E-state index contributed by atoms with van der Waals surface area (Å²) < 4.78 is 43.2. The molecule has 1 amide bonds. The zero-order valence-electron chi connectivity index (χ0n) is 16.0. The summed E-state index contributed by atoms with van der Waals surface area (Å²) in [7, 11) is 0. The Balaban J connectivity index is 1.65. The Morgan fingerprint density at radius 3 is 2.50 bits per heavy atom. The molecule has 1 aliphatic carbocycles. The lowest BCUT2D eigenvalue weighted by molar-refractivity contribution is -0.173. The lowest BCUT2D eigenvalue weighted by Crippen LogP contribution is -2.37. The van der Waals surface area contributed by atoms with Crippen LogP contribution < -0.4 is 10.6 Å². The van der Waals surface area contributed by atoms with Crippen molar-refractivity contribution in [3.05, 3.63) is 45.0 Å². The van der Waals surface area contributed by atoms with E-state index in [0.29, 0.717) is 5.56 Å². The molecule has 0 saturated heterocycles. The number of nitrogens with zero attached hydrogens (tertiary/aromatic N) is 2. The average Bonchev–Trinajstić information content (AvgIpc) is 3.04. The molecular formula is C20H21BrClF3N4O. The molecule has 1 fully saturated rings. The molecule has 0 spiro atoms. The maximum Gasteiger partial charge on any atom is 0.410 e. The van der Waals surface area contributed by atoms with Gasteiger partial charge >= 0.3 is 6.18 Å². The summed E-state index contributed by atoms with van der Waals surface area (Å²) >= 11 is 9.70. The van der Waals surface area contributed by atoms with Crippen LogP contribution in [0.15, 0.2) is 28.7 Å². The Hall–Kier alpha value is -1.74. The fraction of sp³-hybridized carbons (Fsp3) is 0.500. The standard InChI is InChI=1S/C20H21BrClF3N4O/c21-12-8-6-11(7-9-12)14-10-15(20(23,24)25)29-18(27-14)16(22)17(28-29)19(30)26-13-4-2-1-3-5-13/h6-9,13-15,27H,1-5,10H2,(H,26,30)/t14-,15-/m1/s1. The number of rotatable bonds is 3. The molecule has 0 bridgehead atoms. The van der Waals surface area contributed by atoms with Crippen LogP contribution in [0.3, 0.4) is 0 Å². The highest BCUT2D eigenvalue weighted by Crippen LogP contribution is 2.46. The number of benzene rings is 1. The summed E-state index contributed by atoms with van der Waals surface area (Å²) in [5, 5.41) is 9.83. The van der Waals surface area contributed by atoms with Gasteiger partial charge in [0.15, 0.2) is 11.7 Å². The van der Waals surface area contributed by atoms with E-state index in [0.717, 1.165) is 41.3 Å². The van der Waals surface area contributed by atoms with Gasteiger partial charge in [0, 0.05) is 16.9 Å². The van der Waals surface area contributed by atoms with E-state index in [1.165, 1.54) is 0 Å². The molecule has 2 atom stereocenters. The van der Waals surface area contributed by atoms with Crippen LogP contribution in [0.1, 0.15) is 66.7 Å². The van der Waals surface area contributed by atoms with Crippen LogP contribution in [0, 0.1) is 0 Å². The first-order chi connectivity index (χ1) is 14.2. The Morgan fingerprint density at radius 2 is 1.87 bits per heavy atom. The van der Waals surface area contributed by atoms with Crippen molar-refractivity contribution in [3.8, 4) is 0 Å². The maximum atomic E-state index is 13.8. The van der Waals surface area contributed by atoms with E-state index in [4.69, 9.17) is 11.6 Å². The zero-order chi connectivity index (χ0) is 21.5. The van der Waals surface area contributed by atoms with Crippen molar-refractivity contribution in [1.29, 1.82) is 0 Å². The third kappa shape index (κ3) is 4.32. The highest BCUT2D eigenvalue weighted by molar-refractivity contribution is 9.10. The number of anilines is 1. The molecule has 1 aromatic heterocycles. The largest absolute Gasteiger partial charge is 0.410 e. The minimum atomic E-state index is -4.53. The summed E-state index contributed by atoms with van der Waals surface area (Å²) in [5.41, 5.74) is 0.527. The molecule has 1 aliphatic heterocycles. The van der Waals surface area contributed by atoms with Crippen molar-refractivity contribution in [1.82, 2.24) is 15.1 Å². The summed E-state index contributed by atoms with van der Waals surface area (Å²) in [6, 6.07) is 4.57. The number of alkyl halides is 3. The summed E-state index contributed by atoms with van der Waals surface area (Å²) in [6.07, 6.45) is 0.0884. The quantitative estimate of drug-likeness (QED) is 0.536. The molecular weight excluding hydrogens is 485 g/mol. The van der Waals surface area contributed by atoms with Gasteiger partial charge in [-0.3, -0.25) is 4.79 Å². The van der Waals surface area contributed by atoms with Gasteiger partial charge in [0.05, 0.1) is 6.04 Å². The number of carbonyl (C=O) groups excluding carboxylic acids is 1. The van der Waals surface area contributed by atoms with E-state index < -0.39 is 24.2 Å². The van der Waals surface area contributed by atoms with Crippen LogP contribution >= 0.6 is 27.5 Å². The van der Waals surface area contributed by atoms with Gasteiger partial charge in [0.2, 0.25) is 0 Å². The summed E-state index contributed by atoms with van der Waals surface area (Å²) in [5.74, 6) is -0.510. The Morgan fingerprint density at radius 1 is 1.20 bits per heavy atom. The van der Waals surface area contributed by atoms with Crippen molar-refractivity contribution in [2.24, 2.45) is 0 Å². The average molecular weight is 506 g/mol. The summed E-state index contributed by atoms with van der Waals surface area (Å²) in [6.45, 7) is 0. The molecule has 162 valence electrons. The van der Waals surface area contributed by atoms with Crippen molar-refractivity contribution in [2.75, 3.05) is 5.32 Å². The number of hydrogen-bond donors (Lipinski definition) is 2. The van der Waals surface area contributed by atoms with Gasteiger partial charge in [-0.05, 0) is 30.5 Å². The molecule has 2 aromatic rings. The van der Waals surface area contributed by atoms with Crippen LogP contribution in [-0.4, -0.2) is 27.9 Å². The van der Waals surface area contributed by atoms with Crippen LogP contribution in [-0.2, 0) is 0 Å². The second kappa shape index (κ2) is 8.42. The van der Waals surface area contributed by atoms with E-state index in [-0.39, 0.29) is 29.0 Å². The second-order valence-electron chi connectivity index (χ2n) is 7.81. The van der Waals surface area contributed by atoms with Crippen LogP contribution in [0.25, 0.3) is 0 Å². The smallest absolute Gasteiger partial charge is 0.362 e. The van der Waals surface area contributed by atoms with Gasteiger partial charge in [-0.25, -0.2) is 4.68 Å². The fourth-order valence-corrected chi connectivity index (χ4v) is 4.68. The summed E-state index contributed by atoms with van der Waals surface area (Å²) in [4.78, 5) is 12.7. The molecule has 1 saturated carbocycles. The maximum absolute atomic E-state index is 13.8. The molecule has 10 heteroatoms. The van der Waals surface area contributed by atoms with Crippen molar-refractivity contribution in [2.45, 2.75) is 62.8 Å².